The van der Waals surface area contributed by atoms with Gasteiger partial charge in [0.05, 0.1) is 5.41 Å². The highest BCUT2D eigenvalue weighted by atomic mass is 16.6. The molecular weight excluding hydrogens is 468 g/mol. The van der Waals surface area contributed by atoms with E-state index in [1.165, 1.54) is 0 Å². The standard InChI is InChI=1S/C31H50O6/c1-11-24(32)36-28-23(14-13-19(3)4)29(35)31(17-15-20(5)6,18-16-21(7)8)30(37-25(33)12-2)26(28)27(34)22(9)10/h19-22H,11-18H2,1-10H3. The minimum absolute atomic E-state index is 0.000165. The molecule has 0 aromatic rings. The summed E-state index contributed by atoms with van der Waals surface area (Å²) in [6, 6.07) is 0. The topological polar surface area (TPSA) is 86.7 Å². The minimum Gasteiger partial charge on any atom is -0.429 e. The predicted octanol–water partition coefficient (Wildman–Crippen LogP) is 7.50. The average molecular weight is 519 g/mol. The molecule has 6 heteroatoms. The van der Waals surface area contributed by atoms with Gasteiger partial charge in [-0.2, -0.15) is 0 Å². The third-order valence-corrected chi connectivity index (χ3v) is 6.92. The van der Waals surface area contributed by atoms with E-state index in [1.54, 1.807) is 27.7 Å². The highest BCUT2D eigenvalue weighted by Crippen LogP contribution is 2.51. The second-order valence-corrected chi connectivity index (χ2v) is 11.9. The molecule has 0 aliphatic heterocycles. The number of hydrogen-bond donors (Lipinski definition) is 0. The third kappa shape index (κ3) is 8.65. The van der Waals surface area contributed by atoms with Crippen LogP contribution in [0.15, 0.2) is 22.7 Å². The van der Waals surface area contributed by atoms with E-state index in [4.69, 9.17) is 9.47 Å². The number of carbonyl (C=O) groups is 4. The van der Waals surface area contributed by atoms with Gasteiger partial charge in [0.2, 0.25) is 0 Å². The van der Waals surface area contributed by atoms with E-state index in [0.717, 1.165) is 12.8 Å². The summed E-state index contributed by atoms with van der Waals surface area (Å²) in [5.41, 5.74) is -0.680. The second-order valence-electron chi connectivity index (χ2n) is 11.9. The first-order valence-electron chi connectivity index (χ1n) is 14.2. The maximum absolute atomic E-state index is 14.6. The van der Waals surface area contributed by atoms with Crippen molar-refractivity contribution in [2.24, 2.45) is 29.1 Å². The Labute approximate surface area is 224 Å². The van der Waals surface area contributed by atoms with Crippen LogP contribution in [0.2, 0.25) is 0 Å². The second kappa shape index (κ2) is 14.6. The van der Waals surface area contributed by atoms with E-state index < -0.39 is 23.3 Å². The van der Waals surface area contributed by atoms with Gasteiger partial charge >= 0.3 is 11.9 Å². The average Bonchev–Trinajstić information content (AvgIpc) is 2.82. The summed E-state index contributed by atoms with van der Waals surface area (Å²) in [6.07, 6.45) is 3.63. The number of rotatable bonds is 15. The Morgan fingerprint density at radius 2 is 1.19 bits per heavy atom. The highest BCUT2D eigenvalue weighted by molar-refractivity contribution is 6.12. The summed E-state index contributed by atoms with van der Waals surface area (Å²) in [5, 5.41) is 0. The molecule has 0 aromatic carbocycles. The van der Waals surface area contributed by atoms with Gasteiger partial charge in [-0.25, -0.2) is 0 Å². The monoisotopic (exact) mass is 518 g/mol. The van der Waals surface area contributed by atoms with E-state index in [-0.39, 0.29) is 41.5 Å². The minimum atomic E-state index is -1.16. The van der Waals surface area contributed by atoms with Crippen LogP contribution in [0.1, 0.15) is 121 Å². The molecular formula is C31H50O6. The molecule has 0 saturated carbocycles. The zero-order valence-electron chi connectivity index (χ0n) is 24.9. The van der Waals surface area contributed by atoms with Crippen LogP contribution in [0.25, 0.3) is 0 Å². The molecule has 1 aliphatic carbocycles. The molecule has 0 radical (unpaired) electrons. The van der Waals surface area contributed by atoms with Crippen molar-refractivity contribution < 1.29 is 28.7 Å². The lowest BCUT2D eigenvalue weighted by Crippen LogP contribution is -2.43. The van der Waals surface area contributed by atoms with Crippen molar-refractivity contribution in [3.8, 4) is 0 Å². The fourth-order valence-electron chi connectivity index (χ4n) is 4.44. The van der Waals surface area contributed by atoms with E-state index in [1.807, 2.05) is 0 Å². The number of ketones is 2. The van der Waals surface area contributed by atoms with Crippen molar-refractivity contribution in [3.05, 3.63) is 22.7 Å². The van der Waals surface area contributed by atoms with Crippen LogP contribution in [-0.4, -0.2) is 23.5 Å². The van der Waals surface area contributed by atoms with Gasteiger partial charge in [0, 0.05) is 24.3 Å². The Morgan fingerprint density at radius 3 is 1.59 bits per heavy atom. The van der Waals surface area contributed by atoms with Gasteiger partial charge in [-0.1, -0.05) is 69.2 Å². The molecule has 37 heavy (non-hydrogen) atoms. The van der Waals surface area contributed by atoms with Gasteiger partial charge in [-0.05, 0) is 56.3 Å². The Kier molecular flexibility index (Phi) is 13.0. The number of Topliss-reactive ketones (excluding diaryl/α,β-unsaturated/α-hetero) is 2. The largest absolute Gasteiger partial charge is 0.429 e. The fourth-order valence-corrected chi connectivity index (χ4v) is 4.44. The molecule has 1 aliphatic rings. The highest BCUT2D eigenvalue weighted by Gasteiger charge is 2.52. The van der Waals surface area contributed by atoms with Gasteiger partial charge in [-0.3, -0.25) is 19.2 Å². The summed E-state index contributed by atoms with van der Waals surface area (Å²) in [6.45, 7) is 19.4. The molecule has 0 fully saturated rings. The lowest BCUT2D eigenvalue weighted by atomic mass is 9.64. The molecule has 0 bridgehead atoms. The Morgan fingerprint density at radius 1 is 0.730 bits per heavy atom. The lowest BCUT2D eigenvalue weighted by Gasteiger charge is -2.40. The molecule has 210 valence electrons. The zero-order chi connectivity index (χ0) is 28.5. The van der Waals surface area contributed by atoms with Gasteiger partial charge in [-0.15, -0.1) is 0 Å². The van der Waals surface area contributed by atoms with E-state index in [2.05, 4.69) is 41.5 Å². The molecule has 0 amide bonds. The van der Waals surface area contributed by atoms with Gasteiger partial charge in [0.15, 0.2) is 17.3 Å². The summed E-state index contributed by atoms with van der Waals surface area (Å²) < 4.78 is 11.7. The van der Waals surface area contributed by atoms with Crippen molar-refractivity contribution in [2.45, 2.75) is 121 Å². The summed E-state index contributed by atoms with van der Waals surface area (Å²) in [4.78, 5) is 53.8. The Hall–Kier alpha value is -2.24. The molecule has 1 rings (SSSR count). The van der Waals surface area contributed by atoms with Crippen LogP contribution >= 0.6 is 0 Å². The quantitative estimate of drug-likeness (QED) is 0.209. The summed E-state index contributed by atoms with van der Waals surface area (Å²) >= 11 is 0. The molecule has 0 aromatic heterocycles. The van der Waals surface area contributed by atoms with Gasteiger partial charge in [0.1, 0.15) is 11.3 Å². The van der Waals surface area contributed by atoms with Gasteiger partial charge < -0.3 is 9.47 Å². The first kappa shape index (κ1) is 32.8. The van der Waals surface area contributed by atoms with Crippen LogP contribution in [0.4, 0.5) is 0 Å². The molecule has 6 nitrogen and oxygen atoms in total. The number of esters is 2. The normalized spacial score (nSPS) is 15.9. The van der Waals surface area contributed by atoms with E-state index >= 15 is 0 Å². The van der Waals surface area contributed by atoms with E-state index in [9.17, 15) is 19.2 Å². The number of allylic oxidation sites excluding steroid dienone is 3. The predicted molar refractivity (Wildman–Crippen MR) is 146 cm³/mol. The maximum atomic E-state index is 14.6. The fraction of sp³-hybridized carbons (Fsp3) is 0.742. The van der Waals surface area contributed by atoms with Crippen molar-refractivity contribution in [1.82, 2.24) is 0 Å². The van der Waals surface area contributed by atoms with Crippen molar-refractivity contribution in [3.63, 3.8) is 0 Å². The van der Waals surface area contributed by atoms with Crippen molar-refractivity contribution in [1.29, 1.82) is 0 Å². The lowest BCUT2D eigenvalue weighted by molar-refractivity contribution is -0.144. The Bertz CT molecular complexity index is 889. The summed E-state index contributed by atoms with van der Waals surface area (Å²) in [5.74, 6) is -0.948. The van der Waals surface area contributed by atoms with Crippen molar-refractivity contribution >= 4 is 23.5 Å². The molecule has 0 heterocycles. The molecule has 0 unspecified atom stereocenters. The summed E-state index contributed by atoms with van der Waals surface area (Å²) in [7, 11) is 0. The van der Waals surface area contributed by atoms with Crippen LogP contribution in [0.5, 0.6) is 0 Å². The zero-order valence-corrected chi connectivity index (χ0v) is 24.9. The van der Waals surface area contributed by atoms with Gasteiger partial charge in [0.25, 0.3) is 0 Å². The number of carbonyl (C=O) groups excluding carboxylic acids is 4. The third-order valence-electron chi connectivity index (χ3n) is 6.92. The van der Waals surface area contributed by atoms with Crippen LogP contribution in [-0.2, 0) is 28.7 Å². The first-order valence-corrected chi connectivity index (χ1v) is 14.2. The van der Waals surface area contributed by atoms with Crippen LogP contribution in [0.3, 0.4) is 0 Å². The SMILES string of the molecule is CCC(=O)OC1=C(CCC(C)C)C(=O)C(CCC(C)C)(CCC(C)C)C(OC(=O)CC)=C1C(=O)C(C)C. The first-order chi connectivity index (χ1) is 17.2. The number of hydrogen-bond acceptors (Lipinski definition) is 6. The Balaban J connectivity index is 4.18. The van der Waals surface area contributed by atoms with Crippen LogP contribution < -0.4 is 0 Å². The number of ether oxygens (including phenoxy) is 2. The van der Waals surface area contributed by atoms with Crippen molar-refractivity contribution in [2.75, 3.05) is 0 Å². The molecule has 0 N–H and O–H groups in total. The smallest absolute Gasteiger partial charge is 0.310 e. The molecule has 0 saturated heterocycles. The maximum Gasteiger partial charge on any atom is 0.310 e. The molecule has 0 spiro atoms. The molecule has 0 atom stereocenters. The van der Waals surface area contributed by atoms with Crippen LogP contribution in [0, 0.1) is 29.1 Å². The van der Waals surface area contributed by atoms with E-state index in [0.29, 0.717) is 49.0 Å².